The highest BCUT2D eigenvalue weighted by Gasteiger charge is 2.19. The number of allylic oxidation sites excluding steroid dienone is 18. The molecule has 0 bridgehead atoms. The van der Waals surface area contributed by atoms with Gasteiger partial charge in [0.05, 0.1) is 0 Å². The summed E-state index contributed by atoms with van der Waals surface area (Å²) < 4.78 is 16.9. The molecule has 6 nitrogen and oxygen atoms in total. The van der Waals surface area contributed by atoms with E-state index in [0.717, 1.165) is 128 Å². The monoisotopic (exact) mass is 1110 g/mol. The lowest BCUT2D eigenvalue weighted by Gasteiger charge is -2.18. The Morgan fingerprint density at radius 1 is 0.263 bits per heavy atom. The highest BCUT2D eigenvalue weighted by Crippen LogP contribution is 2.17. The minimum absolute atomic E-state index is 0.0836. The molecule has 1 atom stereocenters. The smallest absolute Gasteiger partial charge is 0.306 e. The van der Waals surface area contributed by atoms with Gasteiger partial charge >= 0.3 is 17.9 Å². The van der Waals surface area contributed by atoms with Crippen LogP contribution in [0.3, 0.4) is 0 Å². The topological polar surface area (TPSA) is 78.9 Å². The van der Waals surface area contributed by atoms with E-state index in [1.165, 1.54) is 154 Å². The molecule has 0 aromatic rings. The zero-order valence-corrected chi connectivity index (χ0v) is 52.6. The number of carbonyl (C=O) groups is 3. The van der Waals surface area contributed by atoms with Crippen LogP contribution in [0.15, 0.2) is 109 Å². The molecule has 0 N–H and O–H groups in total. The molecule has 0 spiro atoms. The van der Waals surface area contributed by atoms with Crippen LogP contribution in [-0.4, -0.2) is 37.2 Å². The third-order valence-corrected chi connectivity index (χ3v) is 14.5. The normalized spacial score (nSPS) is 12.8. The van der Waals surface area contributed by atoms with Gasteiger partial charge in [0.25, 0.3) is 0 Å². The van der Waals surface area contributed by atoms with E-state index in [1.807, 2.05) is 0 Å². The van der Waals surface area contributed by atoms with Crippen molar-refractivity contribution < 1.29 is 28.6 Å². The number of hydrogen-bond acceptors (Lipinski definition) is 6. The van der Waals surface area contributed by atoms with Gasteiger partial charge in [-0.1, -0.05) is 304 Å². The Morgan fingerprint density at radius 3 is 0.787 bits per heavy atom. The molecule has 6 heteroatoms. The summed E-state index contributed by atoms with van der Waals surface area (Å²) in [6, 6.07) is 0. The van der Waals surface area contributed by atoms with E-state index in [-0.39, 0.29) is 31.1 Å². The molecule has 0 aromatic heterocycles. The molecule has 80 heavy (non-hydrogen) atoms. The predicted octanol–water partition coefficient (Wildman–Crippen LogP) is 23.4. The molecule has 0 aliphatic rings. The molecule has 0 heterocycles. The van der Waals surface area contributed by atoms with Gasteiger partial charge in [0.2, 0.25) is 0 Å². The van der Waals surface area contributed by atoms with Gasteiger partial charge in [0.1, 0.15) is 13.2 Å². The minimum Gasteiger partial charge on any atom is -0.462 e. The molecule has 1 unspecified atom stereocenters. The molecule has 0 aliphatic carbocycles. The van der Waals surface area contributed by atoms with E-state index in [1.54, 1.807) is 0 Å². The van der Waals surface area contributed by atoms with Crippen molar-refractivity contribution in [3.8, 4) is 0 Å². The maximum atomic E-state index is 12.9. The zero-order valence-electron chi connectivity index (χ0n) is 52.6. The molecule has 458 valence electrons. The third-order valence-electron chi connectivity index (χ3n) is 14.5. The molecule has 0 saturated heterocycles. The van der Waals surface area contributed by atoms with Gasteiger partial charge in [-0.05, 0) is 109 Å². The fourth-order valence-corrected chi connectivity index (χ4v) is 9.45. The zero-order chi connectivity index (χ0) is 57.8. The van der Waals surface area contributed by atoms with E-state index in [2.05, 4.69) is 130 Å². The Balaban J connectivity index is 4.30. The second kappa shape index (κ2) is 67.6. The number of unbranched alkanes of at least 4 members (excludes halogenated alkanes) is 32. The largest absolute Gasteiger partial charge is 0.462 e. The first-order chi connectivity index (χ1) is 39.5. The van der Waals surface area contributed by atoms with E-state index in [4.69, 9.17) is 14.2 Å². The van der Waals surface area contributed by atoms with Crippen LogP contribution >= 0.6 is 0 Å². The predicted molar refractivity (Wildman–Crippen MR) is 348 cm³/mol. The Bertz CT molecular complexity index is 1610. The Kier molecular flexibility index (Phi) is 64.3. The van der Waals surface area contributed by atoms with Gasteiger partial charge in [0, 0.05) is 19.3 Å². The Labute approximate surface area is 495 Å². The molecule has 0 rings (SSSR count). The maximum absolute atomic E-state index is 12.9. The SMILES string of the molecule is CC/C=C\C/C=C\C/C=C\C/C=C\C/C=C\C/C=C\C/C=C\CCCCCCCCCCCC(=O)OCC(COC(=O)CCCCCCC/C=C\C/C=C\CCCCC)OC(=O)CCCCCCCCCCCCCCCCCC. The van der Waals surface area contributed by atoms with Crippen LogP contribution in [-0.2, 0) is 28.6 Å². The van der Waals surface area contributed by atoms with Crippen molar-refractivity contribution in [2.75, 3.05) is 13.2 Å². The minimum atomic E-state index is -0.787. The summed E-state index contributed by atoms with van der Waals surface area (Å²) >= 11 is 0. The standard InChI is InChI=1S/C74H126O6/c1-4-7-10-13-16-19-22-25-28-30-31-32-33-34-35-36-37-38-39-40-41-42-43-44-47-49-52-55-58-61-64-67-73(76)79-70-71(69-78-72(75)66-63-60-57-54-51-48-45-27-24-21-18-15-12-9-6-3)80-74(77)68-65-62-59-56-53-50-46-29-26-23-20-17-14-11-8-5-2/h7,10,16,18-19,21,25,27-28,31-32,34-35,37-38,40-41,45,71H,4-6,8-9,11-15,17,20,22-24,26,29-30,33,36,39,42-44,46-70H2,1-3H3/b10-7-,19-16-,21-18-,28-25-,32-31-,35-34-,38-37-,41-40-,45-27-. The fourth-order valence-electron chi connectivity index (χ4n) is 9.45. The molecule has 0 fully saturated rings. The molecule has 0 saturated carbocycles. The van der Waals surface area contributed by atoms with Crippen molar-refractivity contribution in [1.29, 1.82) is 0 Å². The van der Waals surface area contributed by atoms with Crippen molar-refractivity contribution in [3.05, 3.63) is 109 Å². The summed E-state index contributed by atoms with van der Waals surface area (Å²) in [7, 11) is 0. The van der Waals surface area contributed by atoms with Crippen LogP contribution in [0.1, 0.15) is 323 Å². The van der Waals surface area contributed by atoms with Crippen LogP contribution in [0.25, 0.3) is 0 Å². The van der Waals surface area contributed by atoms with Crippen molar-refractivity contribution in [2.45, 2.75) is 329 Å². The lowest BCUT2D eigenvalue weighted by Crippen LogP contribution is -2.30. The van der Waals surface area contributed by atoms with E-state index in [9.17, 15) is 14.4 Å². The summed E-state index contributed by atoms with van der Waals surface area (Å²) in [5.41, 5.74) is 0. The number of ether oxygens (including phenoxy) is 3. The summed E-state index contributed by atoms with van der Waals surface area (Å²) in [5.74, 6) is -0.890. The molecule has 0 aliphatic heterocycles. The third kappa shape index (κ3) is 64.9. The number of rotatable bonds is 61. The molecular formula is C74H126O6. The van der Waals surface area contributed by atoms with E-state index < -0.39 is 6.10 Å². The van der Waals surface area contributed by atoms with Crippen molar-refractivity contribution >= 4 is 17.9 Å². The summed E-state index contributed by atoms with van der Waals surface area (Å²) in [6.07, 6.45) is 92.4. The van der Waals surface area contributed by atoms with Gasteiger partial charge in [0.15, 0.2) is 6.10 Å². The van der Waals surface area contributed by atoms with Crippen molar-refractivity contribution in [3.63, 3.8) is 0 Å². The second-order valence-corrected chi connectivity index (χ2v) is 22.4. The van der Waals surface area contributed by atoms with Gasteiger partial charge in [-0.15, -0.1) is 0 Å². The van der Waals surface area contributed by atoms with E-state index >= 15 is 0 Å². The summed E-state index contributed by atoms with van der Waals surface area (Å²) in [5, 5.41) is 0. The van der Waals surface area contributed by atoms with Crippen molar-refractivity contribution in [1.82, 2.24) is 0 Å². The maximum Gasteiger partial charge on any atom is 0.306 e. The van der Waals surface area contributed by atoms with E-state index in [0.29, 0.717) is 19.3 Å². The van der Waals surface area contributed by atoms with Crippen molar-refractivity contribution in [2.24, 2.45) is 0 Å². The number of hydrogen-bond donors (Lipinski definition) is 0. The second-order valence-electron chi connectivity index (χ2n) is 22.4. The van der Waals surface area contributed by atoms with Crippen LogP contribution in [0.2, 0.25) is 0 Å². The first-order valence-electron chi connectivity index (χ1n) is 33.9. The Hall–Kier alpha value is -3.93. The summed E-state index contributed by atoms with van der Waals surface area (Å²) in [4.78, 5) is 38.4. The first-order valence-corrected chi connectivity index (χ1v) is 33.9. The van der Waals surface area contributed by atoms with Crippen LogP contribution in [0.5, 0.6) is 0 Å². The average Bonchev–Trinajstić information content (AvgIpc) is 3.46. The average molecular weight is 1110 g/mol. The molecule has 0 aromatic carbocycles. The lowest BCUT2D eigenvalue weighted by atomic mass is 10.0. The van der Waals surface area contributed by atoms with Gasteiger partial charge in [-0.2, -0.15) is 0 Å². The van der Waals surface area contributed by atoms with Gasteiger partial charge in [-0.25, -0.2) is 0 Å². The van der Waals surface area contributed by atoms with Crippen LogP contribution < -0.4 is 0 Å². The highest BCUT2D eigenvalue weighted by atomic mass is 16.6. The number of carbonyl (C=O) groups excluding carboxylic acids is 3. The van der Waals surface area contributed by atoms with Gasteiger partial charge < -0.3 is 14.2 Å². The molecule has 0 radical (unpaired) electrons. The quantitative estimate of drug-likeness (QED) is 0.0261. The lowest BCUT2D eigenvalue weighted by molar-refractivity contribution is -0.167. The van der Waals surface area contributed by atoms with Crippen LogP contribution in [0.4, 0.5) is 0 Å². The summed E-state index contributed by atoms with van der Waals surface area (Å²) in [6.45, 7) is 6.52. The van der Waals surface area contributed by atoms with Crippen LogP contribution in [0, 0.1) is 0 Å². The molecule has 0 amide bonds. The van der Waals surface area contributed by atoms with Gasteiger partial charge in [-0.3, -0.25) is 14.4 Å². The number of esters is 3. The first kappa shape index (κ1) is 76.1. The Morgan fingerprint density at radius 2 is 0.487 bits per heavy atom. The highest BCUT2D eigenvalue weighted by molar-refractivity contribution is 5.71. The molecular weight excluding hydrogens is 985 g/mol. The fraction of sp³-hybridized carbons (Fsp3) is 0.716.